The van der Waals surface area contributed by atoms with Crippen LogP contribution in [-0.2, 0) is 0 Å². The van der Waals surface area contributed by atoms with Gasteiger partial charge in [0.1, 0.15) is 11.0 Å². The van der Waals surface area contributed by atoms with Crippen LogP contribution in [0.4, 0.5) is 5.82 Å². The number of hydrogen-bond acceptors (Lipinski definition) is 4. The number of aromatic nitrogens is 2. The summed E-state index contributed by atoms with van der Waals surface area (Å²) in [5.41, 5.74) is 0.828. The van der Waals surface area contributed by atoms with Crippen LogP contribution in [0, 0.1) is 6.92 Å². The molecule has 0 aromatic carbocycles. The van der Waals surface area contributed by atoms with E-state index in [0.717, 1.165) is 5.69 Å². The van der Waals surface area contributed by atoms with Gasteiger partial charge in [0.2, 0.25) is 0 Å². The number of nitrogens with one attached hydrogen (secondary N) is 1. The number of anilines is 1. The third-order valence-corrected chi connectivity index (χ3v) is 2.94. The summed E-state index contributed by atoms with van der Waals surface area (Å²) >= 11 is 7.00. The van der Waals surface area contributed by atoms with E-state index in [9.17, 15) is 4.79 Å². The summed E-state index contributed by atoms with van der Waals surface area (Å²) in [4.78, 5) is 19.7. The van der Waals surface area contributed by atoms with Crippen LogP contribution >= 0.6 is 22.9 Å². The molecule has 0 atom stereocenters. The van der Waals surface area contributed by atoms with E-state index in [1.54, 1.807) is 18.2 Å². The molecule has 0 bridgehead atoms. The average Bonchev–Trinajstić information content (AvgIpc) is 2.65. The van der Waals surface area contributed by atoms with Gasteiger partial charge in [-0.1, -0.05) is 17.7 Å². The Morgan fingerprint density at radius 2 is 2.25 bits per heavy atom. The fraction of sp³-hybridized carbons (Fsp3) is 0.100. The molecule has 2 aromatic heterocycles. The Morgan fingerprint density at radius 1 is 1.44 bits per heavy atom. The first kappa shape index (κ1) is 11.0. The lowest BCUT2D eigenvalue weighted by atomic mass is 10.4. The molecular weight excluding hydrogens is 246 g/mol. The van der Waals surface area contributed by atoms with Gasteiger partial charge in [0.05, 0.1) is 0 Å². The highest BCUT2D eigenvalue weighted by atomic mass is 35.5. The predicted molar refractivity (Wildman–Crippen MR) is 64.1 cm³/mol. The molecule has 0 saturated carbocycles. The van der Waals surface area contributed by atoms with E-state index in [1.165, 1.54) is 11.3 Å². The molecule has 2 aromatic rings. The molecule has 1 amide bonds. The van der Waals surface area contributed by atoms with E-state index < -0.39 is 0 Å². The Hall–Kier alpha value is -1.46. The molecule has 1 N–H and O–H groups in total. The lowest BCUT2D eigenvalue weighted by Gasteiger charge is -2.01. The second-order valence-electron chi connectivity index (χ2n) is 3.09. The predicted octanol–water partition coefficient (Wildman–Crippen LogP) is 2.75. The van der Waals surface area contributed by atoms with E-state index in [2.05, 4.69) is 15.3 Å². The van der Waals surface area contributed by atoms with Crippen LogP contribution in [-0.4, -0.2) is 15.9 Å². The molecule has 0 aliphatic heterocycles. The molecule has 0 radical (unpaired) electrons. The van der Waals surface area contributed by atoms with Crippen LogP contribution in [0.15, 0.2) is 23.6 Å². The van der Waals surface area contributed by atoms with Crippen LogP contribution in [0.5, 0.6) is 0 Å². The molecule has 2 rings (SSSR count). The third-order valence-electron chi connectivity index (χ3n) is 1.77. The molecule has 6 heteroatoms. The van der Waals surface area contributed by atoms with Crippen molar-refractivity contribution in [1.29, 1.82) is 0 Å². The minimum absolute atomic E-state index is 0.270. The van der Waals surface area contributed by atoms with Gasteiger partial charge < -0.3 is 5.32 Å². The smallest absolute Gasteiger partial charge is 0.285 e. The van der Waals surface area contributed by atoms with Gasteiger partial charge in [-0.05, 0) is 19.1 Å². The fourth-order valence-corrected chi connectivity index (χ4v) is 1.96. The Labute approximate surface area is 101 Å². The van der Waals surface area contributed by atoms with Crippen molar-refractivity contribution in [2.45, 2.75) is 6.92 Å². The van der Waals surface area contributed by atoms with Gasteiger partial charge >= 0.3 is 0 Å². The monoisotopic (exact) mass is 253 g/mol. The van der Waals surface area contributed by atoms with Crippen molar-refractivity contribution in [3.63, 3.8) is 0 Å². The molecule has 0 spiro atoms. The first-order chi connectivity index (χ1) is 7.65. The molecule has 0 fully saturated rings. The van der Waals surface area contributed by atoms with Crippen molar-refractivity contribution >= 4 is 34.7 Å². The van der Waals surface area contributed by atoms with Crippen molar-refractivity contribution in [3.8, 4) is 0 Å². The number of carbonyl (C=O) groups excluding carboxylic acids is 1. The summed E-state index contributed by atoms with van der Waals surface area (Å²) in [6.45, 7) is 1.84. The zero-order valence-electron chi connectivity index (χ0n) is 8.40. The topological polar surface area (TPSA) is 54.9 Å². The van der Waals surface area contributed by atoms with Crippen molar-refractivity contribution in [3.05, 3.63) is 39.4 Å². The number of rotatable bonds is 2. The number of aryl methyl sites for hydroxylation is 1. The van der Waals surface area contributed by atoms with Gasteiger partial charge in [-0.2, -0.15) is 0 Å². The van der Waals surface area contributed by atoms with E-state index in [0.29, 0.717) is 16.0 Å². The third kappa shape index (κ3) is 2.56. The van der Waals surface area contributed by atoms with E-state index >= 15 is 0 Å². The van der Waals surface area contributed by atoms with Gasteiger partial charge in [-0.15, -0.1) is 11.3 Å². The molecule has 82 valence electrons. The zero-order chi connectivity index (χ0) is 11.5. The molecule has 2 heterocycles. The SMILES string of the molecule is Cc1csc(C(=O)Nc2cccc(Cl)n2)n1. The summed E-state index contributed by atoms with van der Waals surface area (Å²) in [7, 11) is 0. The molecule has 0 saturated heterocycles. The highest BCUT2D eigenvalue weighted by Gasteiger charge is 2.10. The first-order valence-corrected chi connectivity index (χ1v) is 5.77. The lowest BCUT2D eigenvalue weighted by Crippen LogP contribution is -2.12. The molecule has 0 unspecified atom stereocenters. The minimum atomic E-state index is -0.270. The number of thiazole rings is 1. The molecule has 0 aliphatic carbocycles. The normalized spacial score (nSPS) is 10.1. The maximum absolute atomic E-state index is 11.7. The van der Waals surface area contributed by atoms with Gasteiger partial charge in [0.15, 0.2) is 5.01 Å². The number of hydrogen-bond donors (Lipinski definition) is 1. The van der Waals surface area contributed by atoms with Crippen LogP contribution in [0.1, 0.15) is 15.5 Å². The second-order valence-corrected chi connectivity index (χ2v) is 4.34. The highest BCUT2D eigenvalue weighted by molar-refractivity contribution is 7.11. The summed E-state index contributed by atoms with van der Waals surface area (Å²) in [5.74, 6) is 0.151. The van der Waals surface area contributed by atoms with Crippen molar-refractivity contribution in [1.82, 2.24) is 9.97 Å². The molecule has 4 nitrogen and oxygen atoms in total. The highest BCUT2D eigenvalue weighted by Crippen LogP contribution is 2.13. The molecule has 0 aliphatic rings. The van der Waals surface area contributed by atoms with Crippen LogP contribution in [0.3, 0.4) is 0 Å². The van der Waals surface area contributed by atoms with Crippen molar-refractivity contribution < 1.29 is 4.79 Å². The standard InChI is InChI=1S/C10H8ClN3OS/c1-6-5-16-10(12-6)9(15)14-8-4-2-3-7(11)13-8/h2-5H,1H3,(H,13,14,15). The number of halogens is 1. The van der Waals surface area contributed by atoms with Crippen molar-refractivity contribution in [2.24, 2.45) is 0 Å². The largest absolute Gasteiger partial charge is 0.304 e. The number of nitrogens with zero attached hydrogens (tertiary/aromatic N) is 2. The average molecular weight is 254 g/mol. The van der Waals surface area contributed by atoms with Crippen LogP contribution < -0.4 is 5.32 Å². The Balaban J connectivity index is 2.13. The number of pyridine rings is 1. The van der Waals surface area contributed by atoms with Crippen LogP contribution in [0.2, 0.25) is 5.15 Å². The lowest BCUT2D eigenvalue weighted by molar-refractivity contribution is 0.102. The Bertz CT molecular complexity index is 526. The zero-order valence-corrected chi connectivity index (χ0v) is 9.97. The van der Waals surface area contributed by atoms with E-state index in [4.69, 9.17) is 11.6 Å². The Morgan fingerprint density at radius 3 is 2.88 bits per heavy atom. The number of carbonyl (C=O) groups is 1. The quantitative estimate of drug-likeness (QED) is 0.838. The van der Waals surface area contributed by atoms with E-state index in [-0.39, 0.29) is 5.91 Å². The summed E-state index contributed by atoms with van der Waals surface area (Å²) < 4.78 is 0. The van der Waals surface area contributed by atoms with Gasteiger partial charge in [-0.25, -0.2) is 9.97 Å². The molecular formula is C10H8ClN3OS. The maximum atomic E-state index is 11.7. The number of amides is 1. The van der Waals surface area contributed by atoms with Crippen LogP contribution in [0.25, 0.3) is 0 Å². The summed E-state index contributed by atoms with van der Waals surface area (Å²) in [6.07, 6.45) is 0. The van der Waals surface area contributed by atoms with E-state index in [1.807, 2.05) is 12.3 Å². The fourth-order valence-electron chi connectivity index (χ4n) is 1.11. The van der Waals surface area contributed by atoms with Gasteiger partial charge in [-0.3, -0.25) is 4.79 Å². The second kappa shape index (κ2) is 4.59. The first-order valence-electron chi connectivity index (χ1n) is 4.51. The summed E-state index contributed by atoms with van der Waals surface area (Å²) in [5, 5.41) is 5.20. The van der Waals surface area contributed by atoms with Gasteiger partial charge in [0, 0.05) is 11.1 Å². The van der Waals surface area contributed by atoms with Gasteiger partial charge in [0.25, 0.3) is 5.91 Å². The maximum Gasteiger partial charge on any atom is 0.285 e. The minimum Gasteiger partial charge on any atom is -0.304 e. The molecule has 16 heavy (non-hydrogen) atoms. The Kier molecular flexibility index (Phi) is 3.17. The van der Waals surface area contributed by atoms with Crippen molar-refractivity contribution in [2.75, 3.05) is 5.32 Å². The summed E-state index contributed by atoms with van der Waals surface area (Å²) in [6, 6.07) is 5.03.